The number of methoxy groups -OCH3 is 1. The summed E-state index contributed by atoms with van der Waals surface area (Å²) in [5, 5.41) is 7.70. The number of nitrogens with two attached hydrogens (primary N) is 1. The molecule has 1 aliphatic rings. The Bertz CT molecular complexity index is 447. The smallest absolute Gasteiger partial charge is 0.139 e. The van der Waals surface area contributed by atoms with Crippen LogP contribution in [0.2, 0.25) is 0 Å². The average molecular weight is 248 g/mol. The Balaban J connectivity index is 2.24. The quantitative estimate of drug-likeness (QED) is 0.619. The predicted molar refractivity (Wildman–Crippen MR) is 72.2 cm³/mol. The lowest BCUT2D eigenvalue weighted by molar-refractivity contribution is 0.161. The molecule has 0 aromatic carbocycles. The number of nitrogens with zero attached hydrogens (tertiary/aromatic N) is 2. The van der Waals surface area contributed by atoms with Crippen LogP contribution in [0.3, 0.4) is 0 Å². The van der Waals surface area contributed by atoms with E-state index in [0.29, 0.717) is 5.92 Å². The summed E-state index contributed by atoms with van der Waals surface area (Å²) in [6.07, 6.45) is 2.88. The maximum Gasteiger partial charge on any atom is 0.139 e. The Labute approximate surface area is 107 Å². The highest BCUT2D eigenvalue weighted by Crippen LogP contribution is 2.26. The third kappa shape index (κ3) is 2.46. The van der Waals surface area contributed by atoms with Crippen molar-refractivity contribution in [3.8, 4) is 0 Å². The lowest BCUT2D eigenvalue weighted by Gasteiger charge is -2.21. The number of nitrogen functional groups attached to an aromatic ring is 1. The zero-order valence-electron chi connectivity index (χ0n) is 10.9. The lowest BCUT2D eigenvalue weighted by atomic mass is 10.1. The Morgan fingerprint density at radius 1 is 1.67 bits per heavy atom. The van der Waals surface area contributed by atoms with Crippen LogP contribution < -0.4 is 10.6 Å². The first-order valence-corrected chi connectivity index (χ1v) is 6.17. The first-order valence-electron chi connectivity index (χ1n) is 6.17. The number of aromatic nitrogens is 1. The van der Waals surface area contributed by atoms with E-state index in [1.807, 2.05) is 13.0 Å². The van der Waals surface area contributed by atoms with Crippen LogP contribution >= 0.6 is 0 Å². The number of ether oxygens (including phenoxy) is 1. The molecule has 5 nitrogen and oxygen atoms in total. The maximum absolute atomic E-state index is 7.70. The van der Waals surface area contributed by atoms with E-state index < -0.39 is 0 Å². The van der Waals surface area contributed by atoms with Crippen molar-refractivity contribution in [2.45, 2.75) is 13.3 Å². The molecule has 3 N–H and O–H groups in total. The zero-order valence-corrected chi connectivity index (χ0v) is 10.9. The summed E-state index contributed by atoms with van der Waals surface area (Å²) in [6, 6.07) is 1.89. The van der Waals surface area contributed by atoms with Crippen molar-refractivity contribution in [1.82, 2.24) is 4.98 Å². The van der Waals surface area contributed by atoms with Gasteiger partial charge < -0.3 is 15.4 Å². The average Bonchev–Trinajstić information content (AvgIpc) is 2.77. The molecule has 1 aromatic rings. The standard InChI is InChI=1S/C13H20N4O/c1-9-3-5-16-13(11(9)12(14)15)17-6-4-10(7-17)8-18-2/h3,5,10H,4,6-8H2,1-2H3,(H3,14,15). The molecule has 1 unspecified atom stereocenters. The topological polar surface area (TPSA) is 75.2 Å². The van der Waals surface area contributed by atoms with Gasteiger partial charge in [0.25, 0.3) is 0 Å². The van der Waals surface area contributed by atoms with E-state index in [2.05, 4.69) is 9.88 Å². The molecule has 0 bridgehead atoms. The maximum atomic E-state index is 7.70. The molecular weight excluding hydrogens is 228 g/mol. The van der Waals surface area contributed by atoms with Gasteiger partial charge in [0.1, 0.15) is 11.7 Å². The number of amidine groups is 1. The van der Waals surface area contributed by atoms with Gasteiger partial charge in [-0.2, -0.15) is 0 Å². The van der Waals surface area contributed by atoms with Gasteiger partial charge in [-0.3, -0.25) is 5.41 Å². The third-order valence-electron chi connectivity index (χ3n) is 3.40. The van der Waals surface area contributed by atoms with E-state index in [4.69, 9.17) is 15.9 Å². The Morgan fingerprint density at radius 3 is 3.11 bits per heavy atom. The fourth-order valence-electron chi connectivity index (χ4n) is 2.51. The molecule has 2 heterocycles. The molecule has 0 amide bonds. The summed E-state index contributed by atoms with van der Waals surface area (Å²) in [5.74, 6) is 1.46. The van der Waals surface area contributed by atoms with Crippen LogP contribution in [-0.4, -0.2) is 37.6 Å². The van der Waals surface area contributed by atoms with E-state index >= 15 is 0 Å². The number of nitrogens with one attached hydrogen (secondary N) is 1. The molecule has 1 aliphatic heterocycles. The van der Waals surface area contributed by atoms with Crippen molar-refractivity contribution in [3.63, 3.8) is 0 Å². The highest BCUT2D eigenvalue weighted by Gasteiger charge is 2.26. The van der Waals surface area contributed by atoms with Gasteiger partial charge >= 0.3 is 0 Å². The first kappa shape index (κ1) is 12.8. The second-order valence-corrected chi connectivity index (χ2v) is 4.80. The fourth-order valence-corrected chi connectivity index (χ4v) is 2.51. The molecule has 1 fully saturated rings. The summed E-state index contributed by atoms with van der Waals surface area (Å²) >= 11 is 0. The van der Waals surface area contributed by atoms with Gasteiger partial charge in [-0.25, -0.2) is 4.98 Å². The molecule has 0 saturated carbocycles. The molecule has 98 valence electrons. The Morgan fingerprint density at radius 2 is 2.44 bits per heavy atom. The Kier molecular flexibility index (Phi) is 3.81. The lowest BCUT2D eigenvalue weighted by Crippen LogP contribution is -2.26. The van der Waals surface area contributed by atoms with Gasteiger partial charge in [0.15, 0.2) is 0 Å². The molecule has 0 radical (unpaired) electrons. The molecule has 1 saturated heterocycles. The number of hydrogen-bond acceptors (Lipinski definition) is 4. The molecule has 18 heavy (non-hydrogen) atoms. The van der Waals surface area contributed by atoms with Crippen LogP contribution in [0.15, 0.2) is 12.3 Å². The SMILES string of the molecule is COCC1CCN(c2nccc(C)c2C(=N)N)C1. The van der Waals surface area contributed by atoms with Crippen LogP contribution in [0.5, 0.6) is 0 Å². The first-order chi connectivity index (χ1) is 8.63. The number of pyridine rings is 1. The summed E-state index contributed by atoms with van der Waals surface area (Å²) in [7, 11) is 1.73. The van der Waals surface area contributed by atoms with Crippen molar-refractivity contribution < 1.29 is 4.74 Å². The summed E-state index contributed by atoms with van der Waals surface area (Å²) in [6.45, 7) is 4.61. The van der Waals surface area contributed by atoms with Crippen LogP contribution in [0.4, 0.5) is 5.82 Å². The molecule has 1 atom stereocenters. The van der Waals surface area contributed by atoms with Gasteiger partial charge in [0, 0.05) is 32.3 Å². The van der Waals surface area contributed by atoms with Gasteiger partial charge in [-0.05, 0) is 25.0 Å². The number of hydrogen-bond donors (Lipinski definition) is 2. The van der Waals surface area contributed by atoms with E-state index in [9.17, 15) is 0 Å². The minimum Gasteiger partial charge on any atom is -0.384 e. The molecular formula is C13H20N4O. The predicted octanol–water partition coefficient (Wildman–Crippen LogP) is 1.15. The van der Waals surface area contributed by atoms with Crippen molar-refractivity contribution in [3.05, 3.63) is 23.4 Å². The minimum atomic E-state index is 0.0887. The van der Waals surface area contributed by atoms with Crippen LogP contribution in [0.25, 0.3) is 0 Å². The van der Waals surface area contributed by atoms with Crippen LogP contribution in [-0.2, 0) is 4.74 Å². The van der Waals surface area contributed by atoms with Crippen molar-refractivity contribution in [2.75, 3.05) is 31.7 Å². The van der Waals surface area contributed by atoms with Gasteiger partial charge in [-0.15, -0.1) is 0 Å². The van der Waals surface area contributed by atoms with E-state index in [1.54, 1.807) is 13.3 Å². The number of anilines is 1. The van der Waals surface area contributed by atoms with E-state index in [-0.39, 0.29) is 5.84 Å². The van der Waals surface area contributed by atoms with Gasteiger partial charge in [-0.1, -0.05) is 0 Å². The Hall–Kier alpha value is -1.62. The molecule has 2 rings (SSSR count). The molecule has 0 spiro atoms. The van der Waals surface area contributed by atoms with Crippen molar-refractivity contribution in [2.24, 2.45) is 11.7 Å². The fraction of sp³-hybridized carbons (Fsp3) is 0.538. The number of aryl methyl sites for hydroxylation is 1. The largest absolute Gasteiger partial charge is 0.384 e. The molecule has 1 aromatic heterocycles. The van der Waals surface area contributed by atoms with Gasteiger partial charge in [0.2, 0.25) is 0 Å². The molecule has 0 aliphatic carbocycles. The van der Waals surface area contributed by atoms with Crippen molar-refractivity contribution >= 4 is 11.7 Å². The van der Waals surface area contributed by atoms with Gasteiger partial charge in [0.05, 0.1) is 12.2 Å². The summed E-state index contributed by atoms with van der Waals surface area (Å²) in [4.78, 5) is 6.60. The third-order valence-corrected chi connectivity index (χ3v) is 3.40. The normalized spacial score (nSPS) is 19.2. The molecule has 5 heteroatoms. The van der Waals surface area contributed by atoms with Crippen molar-refractivity contribution in [1.29, 1.82) is 5.41 Å². The summed E-state index contributed by atoms with van der Waals surface area (Å²) in [5.41, 5.74) is 7.43. The monoisotopic (exact) mass is 248 g/mol. The zero-order chi connectivity index (χ0) is 13.1. The van der Waals surface area contributed by atoms with E-state index in [0.717, 1.165) is 43.1 Å². The number of rotatable bonds is 4. The summed E-state index contributed by atoms with van der Waals surface area (Å²) < 4.78 is 5.20. The van der Waals surface area contributed by atoms with E-state index in [1.165, 1.54) is 0 Å². The highest BCUT2D eigenvalue weighted by atomic mass is 16.5. The minimum absolute atomic E-state index is 0.0887. The van der Waals surface area contributed by atoms with Crippen LogP contribution in [0, 0.1) is 18.3 Å². The second kappa shape index (κ2) is 5.35. The highest BCUT2D eigenvalue weighted by molar-refractivity contribution is 6.01. The second-order valence-electron chi connectivity index (χ2n) is 4.80. The van der Waals surface area contributed by atoms with Crippen LogP contribution in [0.1, 0.15) is 17.5 Å².